The summed E-state index contributed by atoms with van der Waals surface area (Å²) in [5.41, 5.74) is 10.1. The molecular formula is C16H16N2O2. The molecule has 0 saturated heterocycles. The zero-order valence-electron chi connectivity index (χ0n) is 11.0. The van der Waals surface area contributed by atoms with Crippen molar-refractivity contribution in [2.24, 2.45) is 0 Å². The van der Waals surface area contributed by atoms with E-state index in [4.69, 9.17) is 10.8 Å². The highest BCUT2D eigenvalue weighted by atomic mass is 16.4. The van der Waals surface area contributed by atoms with Crippen molar-refractivity contribution in [1.82, 2.24) is 4.98 Å². The third-order valence-electron chi connectivity index (χ3n) is 3.07. The van der Waals surface area contributed by atoms with Gasteiger partial charge < -0.3 is 10.8 Å². The van der Waals surface area contributed by atoms with Gasteiger partial charge in [-0.3, -0.25) is 9.78 Å². The Morgan fingerprint density at radius 2 is 2.05 bits per heavy atom. The van der Waals surface area contributed by atoms with Gasteiger partial charge >= 0.3 is 5.97 Å². The van der Waals surface area contributed by atoms with Crippen molar-refractivity contribution in [3.8, 4) is 11.1 Å². The van der Waals surface area contributed by atoms with E-state index < -0.39 is 5.97 Å². The number of benzene rings is 1. The number of pyridine rings is 1. The Morgan fingerprint density at radius 3 is 2.70 bits per heavy atom. The molecule has 0 spiro atoms. The van der Waals surface area contributed by atoms with E-state index in [0.717, 1.165) is 22.3 Å². The molecule has 1 aromatic heterocycles. The minimum absolute atomic E-state index is 0.0510. The third kappa shape index (κ3) is 3.23. The van der Waals surface area contributed by atoms with Gasteiger partial charge in [0.1, 0.15) is 0 Å². The fraction of sp³-hybridized carbons (Fsp3) is 0.125. The Kier molecular flexibility index (Phi) is 4.15. The summed E-state index contributed by atoms with van der Waals surface area (Å²) in [5, 5.41) is 8.73. The topological polar surface area (TPSA) is 76.2 Å². The van der Waals surface area contributed by atoms with Crippen LogP contribution in [-0.4, -0.2) is 16.1 Å². The van der Waals surface area contributed by atoms with E-state index in [-0.39, 0.29) is 6.42 Å². The number of aliphatic carboxylic acids is 1. The lowest BCUT2D eigenvalue weighted by atomic mass is 9.96. The lowest BCUT2D eigenvalue weighted by molar-refractivity contribution is -0.136. The maximum atomic E-state index is 10.6. The number of rotatable bonds is 5. The molecule has 1 aromatic carbocycles. The predicted octanol–water partition coefficient (Wildman–Crippen LogP) is 3.21. The molecule has 0 aliphatic carbocycles. The number of aromatic nitrogens is 1. The first-order valence-corrected chi connectivity index (χ1v) is 6.28. The summed E-state index contributed by atoms with van der Waals surface area (Å²) in [5.74, 6) is -0.840. The van der Waals surface area contributed by atoms with Crippen molar-refractivity contribution in [1.29, 1.82) is 0 Å². The van der Waals surface area contributed by atoms with Crippen LogP contribution in [-0.2, 0) is 4.79 Å². The first-order valence-electron chi connectivity index (χ1n) is 6.28. The van der Waals surface area contributed by atoms with Crippen LogP contribution in [0.2, 0.25) is 0 Å². The third-order valence-corrected chi connectivity index (χ3v) is 3.07. The molecule has 3 N–H and O–H groups in total. The molecule has 0 aliphatic rings. The van der Waals surface area contributed by atoms with Crippen LogP contribution in [0, 0.1) is 0 Å². The van der Waals surface area contributed by atoms with Gasteiger partial charge in [-0.05, 0) is 35.8 Å². The molecule has 0 amide bonds. The first-order chi connectivity index (χ1) is 9.58. The van der Waals surface area contributed by atoms with Crippen LogP contribution in [0.15, 0.2) is 49.3 Å². The number of allylic oxidation sites excluding steroid dienone is 1. The molecule has 20 heavy (non-hydrogen) atoms. The first kappa shape index (κ1) is 13.8. The summed E-state index contributed by atoms with van der Waals surface area (Å²) >= 11 is 0. The van der Waals surface area contributed by atoms with E-state index in [2.05, 4.69) is 11.6 Å². The minimum Gasteiger partial charge on any atom is -0.481 e. The van der Waals surface area contributed by atoms with Gasteiger partial charge in [0.25, 0.3) is 0 Å². The standard InChI is InChI=1S/C16H16N2O2/c1-11(4-7-16(19)20)14-9-12(5-6-15(14)17)13-3-2-8-18-10-13/h2-3,5-6,8-10H,1,4,7,17H2,(H,19,20). The average Bonchev–Trinajstić information content (AvgIpc) is 2.46. The maximum absolute atomic E-state index is 10.6. The Bertz CT molecular complexity index is 636. The highest BCUT2D eigenvalue weighted by Crippen LogP contribution is 2.29. The zero-order chi connectivity index (χ0) is 14.5. The van der Waals surface area contributed by atoms with E-state index >= 15 is 0 Å². The summed E-state index contributed by atoms with van der Waals surface area (Å²) in [6, 6.07) is 9.48. The number of hydrogen-bond acceptors (Lipinski definition) is 3. The molecule has 0 bridgehead atoms. The second-order valence-electron chi connectivity index (χ2n) is 4.54. The summed E-state index contributed by atoms with van der Waals surface area (Å²) < 4.78 is 0. The van der Waals surface area contributed by atoms with Crippen molar-refractivity contribution in [3.05, 3.63) is 54.9 Å². The maximum Gasteiger partial charge on any atom is 0.303 e. The Labute approximate surface area is 117 Å². The van der Waals surface area contributed by atoms with Crippen molar-refractivity contribution >= 4 is 17.2 Å². The fourth-order valence-corrected chi connectivity index (χ4v) is 1.97. The van der Waals surface area contributed by atoms with Crippen molar-refractivity contribution < 1.29 is 9.90 Å². The summed E-state index contributed by atoms with van der Waals surface area (Å²) in [6.07, 6.45) is 3.92. The van der Waals surface area contributed by atoms with Crippen molar-refractivity contribution in [2.75, 3.05) is 5.73 Å². The van der Waals surface area contributed by atoms with Crippen LogP contribution in [0.25, 0.3) is 16.7 Å². The molecule has 102 valence electrons. The van der Waals surface area contributed by atoms with Crippen LogP contribution < -0.4 is 5.73 Å². The van der Waals surface area contributed by atoms with Crippen LogP contribution in [0.5, 0.6) is 0 Å². The quantitative estimate of drug-likeness (QED) is 0.816. The van der Waals surface area contributed by atoms with Crippen LogP contribution in [0.1, 0.15) is 18.4 Å². The van der Waals surface area contributed by atoms with E-state index in [0.29, 0.717) is 12.1 Å². The Hall–Kier alpha value is -2.62. The molecule has 4 nitrogen and oxygen atoms in total. The number of carbonyl (C=O) groups is 1. The van der Waals surface area contributed by atoms with E-state index in [1.807, 2.05) is 30.3 Å². The van der Waals surface area contributed by atoms with Gasteiger partial charge in [0.15, 0.2) is 0 Å². The molecular weight excluding hydrogens is 252 g/mol. The number of carboxylic acids is 1. The molecule has 4 heteroatoms. The van der Waals surface area contributed by atoms with Gasteiger partial charge in [-0.2, -0.15) is 0 Å². The molecule has 0 aliphatic heterocycles. The summed E-state index contributed by atoms with van der Waals surface area (Å²) in [4.78, 5) is 14.7. The number of carboxylic acid groups (broad SMARTS) is 1. The molecule has 0 saturated carbocycles. The highest BCUT2D eigenvalue weighted by Gasteiger charge is 2.08. The molecule has 0 atom stereocenters. The van der Waals surface area contributed by atoms with Gasteiger partial charge in [0.05, 0.1) is 0 Å². The molecule has 0 fully saturated rings. The second-order valence-corrected chi connectivity index (χ2v) is 4.54. The summed E-state index contributed by atoms with van der Waals surface area (Å²) in [6.45, 7) is 3.93. The van der Waals surface area contributed by atoms with Gasteiger partial charge in [-0.15, -0.1) is 0 Å². The summed E-state index contributed by atoms with van der Waals surface area (Å²) in [7, 11) is 0. The minimum atomic E-state index is -0.840. The largest absolute Gasteiger partial charge is 0.481 e. The van der Waals surface area contributed by atoms with E-state index in [1.54, 1.807) is 12.4 Å². The van der Waals surface area contributed by atoms with Gasteiger partial charge in [-0.1, -0.05) is 18.7 Å². The number of nitrogen functional groups attached to an aromatic ring is 1. The van der Waals surface area contributed by atoms with Crippen LogP contribution in [0.4, 0.5) is 5.69 Å². The molecule has 2 aromatic rings. The van der Waals surface area contributed by atoms with Crippen molar-refractivity contribution in [2.45, 2.75) is 12.8 Å². The Morgan fingerprint density at radius 1 is 1.25 bits per heavy atom. The molecule has 0 unspecified atom stereocenters. The van der Waals surface area contributed by atoms with Gasteiger partial charge in [0, 0.05) is 35.6 Å². The molecule has 2 rings (SSSR count). The second kappa shape index (κ2) is 6.02. The monoisotopic (exact) mass is 268 g/mol. The number of nitrogens with two attached hydrogens (primary N) is 1. The Balaban J connectivity index is 2.30. The van der Waals surface area contributed by atoms with E-state index in [9.17, 15) is 4.79 Å². The lowest BCUT2D eigenvalue weighted by Crippen LogP contribution is -1.98. The lowest BCUT2D eigenvalue weighted by Gasteiger charge is -2.11. The molecule has 1 heterocycles. The van der Waals surface area contributed by atoms with E-state index in [1.165, 1.54) is 0 Å². The molecule has 0 radical (unpaired) electrons. The van der Waals surface area contributed by atoms with Crippen molar-refractivity contribution in [3.63, 3.8) is 0 Å². The SMILES string of the molecule is C=C(CCC(=O)O)c1cc(-c2cccnc2)ccc1N. The fourth-order valence-electron chi connectivity index (χ4n) is 1.97. The number of nitrogens with zero attached hydrogens (tertiary/aromatic N) is 1. The number of hydrogen-bond donors (Lipinski definition) is 2. The predicted molar refractivity (Wildman–Crippen MR) is 80.0 cm³/mol. The normalized spacial score (nSPS) is 10.2. The van der Waals surface area contributed by atoms with Crippen LogP contribution in [0.3, 0.4) is 0 Å². The van der Waals surface area contributed by atoms with Gasteiger partial charge in [0.2, 0.25) is 0 Å². The van der Waals surface area contributed by atoms with Gasteiger partial charge in [-0.25, -0.2) is 0 Å². The highest BCUT2D eigenvalue weighted by molar-refractivity contribution is 5.80. The van der Waals surface area contributed by atoms with Crippen LogP contribution >= 0.6 is 0 Å². The smallest absolute Gasteiger partial charge is 0.303 e. The number of anilines is 1. The zero-order valence-corrected chi connectivity index (χ0v) is 11.0. The average molecular weight is 268 g/mol.